The first kappa shape index (κ1) is 11.6. The maximum Gasteiger partial charge on any atom is 0.269 e. The lowest BCUT2D eigenvalue weighted by Crippen LogP contribution is -2.27. The SMILES string of the molecule is CC(C)CNC(=O)c1[nH]nc2c(F)cccc12. The van der Waals surface area contributed by atoms with Gasteiger partial charge in [0, 0.05) is 11.9 Å². The molecule has 2 N–H and O–H groups in total. The van der Waals surface area contributed by atoms with Crippen LogP contribution in [0.1, 0.15) is 24.3 Å². The number of nitrogens with one attached hydrogen (secondary N) is 2. The van der Waals surface area contributed by atoms with Crippen LogP contribution in [0.15, 0.2) is 18.2 Å². The van der Waals surface area contributed by atoms with Crippen LogP contribution in [0.2, 0.25) is 0 Å². The van der Waals surface area contributed by atoms with Crippen LogP contribution >= 0.6 is 0 Å². The molecule has 4 nitrogen and oxygen atoms in total. The average molecular weight is 235 g/mol. The highest BCUT2D eigenvalue weighted by Crippen LogP contribution is 2.18. The Morgan fingerprint density at radius 2 is 2.29 bits per heavy atom. The zero-order chi connectivity index (χ0) is 12.4. The van der Waals surface area contributed by atoms with Crippen molar-refractivity contribution in [3.63, 3.8) is 0 Å². The van der Waals surface area contributed by atoms with E-state index < -0.39 is 5.82 Å². The minimum atomic E-state index is -0.429. The van der Waals surface area contributed by atoms with Gasteiger partial charge in [0.15, 0.2) is 5.82 Å². The van der Waals surface area contributed by atoms with Gasteiger partial charge in [-0.1, -0.05) is 26.0 Å². The highest BCUT2D eigenvalue weighted by Gasteiger charge is 2.15. The number of aromatic amines is 1. The number of fused-ring (bicyclic) bond motifs is 1. The van der Waals surface area contributed by atoms with Gasteiger partial charge in [-0.25, -0.2) is 4.39 Å². The van der Waals surface area contributed by atoms with Gasteiger partial charge in [-0.05, 0) is 12.0 Å². The van der Waals surface area contributed by atoms with Gasteiger partial charge in [0.05, 0.1) is 0 Å². The minimum absolute atomic E-state index is 0.196. The predicted molar refractivity (Wildman–Crippen MR) is 63.2 cm³/mol. The molecule has 17 heavy (non-hydrogen) atoms. The van der Waals surface area contributed by atoms with Crippen LogP contribution < -0.4 is 5.32 Å². The summed E-state index contributed by atoms with van der Waals surface area (Å²) in [6.45, 7) is 4.59. The van der Waals surface area contributed by atoms with E-state index in [0.29, 0.717) is 23.5 Å². The number of amides is 1. The molecule has 0 spiro atoms. The molecule has 0 fully saturated rings. The van der Waals surface area contributed by atoms with Gasteiger partial charge in [-0.2, -0.15) is 5.10 Å². The molecule has 0 atom stereocenters. The maximum absolute atomic E-state index is 13.4. The lowest BCUT2D eigenvalue weighted by Gasteiger charge is -2.06. The molecule has 2 aromatic rings. The minimum Gasteiger partial charge on any atom is -0.350 e. The van der Waals surface area contributed by atoms with E-state index in [1.165, 1.54) is 6.07 Å². The second-order valence-electron chi connectivity index (χ2n) is 4.34. The monoisotopic (exact) mass is 235 g/mol. The number of nitrogens with zero attached hydrogens (tertiary/aromatic N) is 1. The van der Waals surface area contributed by atoms with E-state index in [4.69, 9.17) is 0 Å². The van der Waals surface area contributed by atoms with Gasteiger partial charge in [-0.15, -0.1) is 0 Å². The van der Waals surface area contributed by atoms with Gasteiger partial charge >= 0.3 is 0 Å². The van der Waals surface area contributed by atoms with Crippen LogP contribution in [0.5, 0.6) is 0 Å². The van der Waals surface area contributed by atoms with E-state index in [9.17, 15) is 9.18 Å². The van der Waals surface area contributed by atoms with E-state index in [2.05, 4.69) is 15.5 Å². The molecule has 1 heterocycles. The Bertz CT molecular complexity index is 548. The number of carbonyl (C=O) groups excluding carboxylic acids is 1. The second-order valence-corrected chi connectivity index (χ2v) is 4.34. The Morgan fingerprint density at radius 3 is 3.00 bits per heavy atom. The van der Waals surface area contributed by atoms with Crippen LogP contribution in [0.4, 0.5) is 4.39 Å². The summed E-state index contributed by atoms with van der Waals surface area (Å²) in [5.74, 6) is -0.321. The van der Waals surface area contributed by atoms with Crippen molar-refractivity contribution in [3.05, 3.63) is 29.7 Å². The topological polar surface area (TPSA) is 57.8 Å². The van der Waals surface area contributed by atoms with Gasteiger partial charge in [0.1, 0.15) is 11.2 Å². The third-order valence-electron chi connectivity index (χ3n) is 2.43. The Balaban J connectivity index is 2.30. The van der Waals surface area contributed by atoms with Crippen LogP contribution in [0, 0.1) is 11.7 Å². The van der Waals surface area contributed by atoms with Crippen LogP contribution in [-0.2, 0) is 0 Å². The summed E-state index contributed by atoms with van der Waals surface area (Å²) in [7, 11) is 0. The van der Waals surface area contributed by atoms with Crippen molar-refractivity contribution in [2.24, 2.45) is 5.92 Å². The van der Waals surface area contributed by atoms with Crippen molar-refractivity contribution >= 4 is 16.8 Å². The summed E-state index contributed by atoms with van der Waals surface area (Å²) >= 11 is 0. The van der Waals surface area contributed by atoms with Crippen molar-refractivity contribution in [2.45, 2.75) is 13.8 Å². The number of carbonyl (C=O) groups is 1. The molecule has 0 aliphatic heterocycles. The summed E-state index contributed by atoms with van der Waals surface area (Å²) in [6.07, 6.45) is 0. The molecular formula is C12H14FN3O. The first-order valence-electron chi connectivity index (χ1n) is 5.50. The van der Waals surface area contributed by atoms with Crippen molar-refractivity contribution < 1.29 is 9.18 Å². The molecule has 0 unspecified atom stereocenters. The molecular weight excluding hydrogens is 221 g/mol. The molecule has 1 amide bonds. The van der Waals surface area contributed by atoms with Crippen LogP contribution in [0.3, 0.4) is 0 Å². The van der Waals surface area contributed by atoms with Gasteiger partial charge in [0.25, 0.3) is 5.91 Å². The first-order valence-corrected chi connectivity index (χ1v) is 5.50. The van der Waals surface area contributed by atoms with Crippen molar-refractivity contribution in [3.8, 4) is 0 Å². The Labute approximate surface area is 98.2 Å². The number of H-pyrrole nitrogens is 1. The van der Waals surface area contributed by atoms with E-state index >= 15 is 0 Å². The molecule has 0 saturated heterocycles. The average Bonchev–Trinajstić information content (AvgIpc) is 2.71. The van der Waals surface area contributed by atoms with Gasteiger partial charge in [0.2, 0.25) is 0 Å². The first-order chi connectivity index (χ1) is 8.09. The quantitative estimate of drug-likeness (QED) is 0.855. The second kappa shape index (κ2) is 4.53. The Hall–Kier alpha value is -1.91. The molecule has 5 heteroatoms. The number of hydrogen-bond acceptors (Lipinski definition) is 2. The maximum atomic E-state index is 13.4. The zero-order valence-corrected chi connectivity index (χ0v) is 9.75. The third kappa shape index (κ3) is 2.27. The molecule has 0 saturated carbocycles. The highest BCUT2D eigenvalue weighted by atomic mass is 19.1. The predicted octanol–water partition coefficient (Wildman–Crippen LogP) is 2.09. The summed E-state index contributed by atoms with van der Waals surface area (Å²) in [4.78, 5) is 11.8. The summed E-state index contributed by atoms with van der Waals surface area (Å²) < 4.78 is 13.4. The van der Waals surface area contributed by atoms with E-state index in [-0.39, 0.29) is 11.4 Å². The Kier molecular flexibility index (Phi) is 3.08. The van der Waals surface area contributed by atoms with Crippen molar-refractivity contribution in [2.75, 3.05) is 6.54 Å². The highest BCUT2D eigenvalue weighted by molar-refractivity contribution is 6.04. The van der Waals surface area contributed by atoms with Crippen LogP contribution in [-0.4, -0.2) is 22.6 Å². The van der Waals surface area contributed by atoms with E-state index in [0.717, 1.165) is 0 Å². The summed E-state index contributed by atoms with van der Waals surface area (Å²) in [6, 6.07) is 4.55. The largest absolute Gasteiger partial charge is 0.350 e. The lowest BCUT2D eigenvalue weighted by atomic mass is 10.2. The molecule has 1 aromatic carbocycles. The number of para-hydroxylation sites is 1. The normalized spacial score (nSPS) is 11.1. The van der Waals surface area contributed by atoms with Gasteiger partial charge in [-0.3, -0.25) is 9.89 Å². The fourth-order valence-corrected chi connectivity index (χ4v) is 1.56. The molecule has 0 bridgehead atoms. The number of rotatable bonds is 3. The fraction of sp³-hybridized carbons (Fsp3) is 0.333. The molecule has 0 aliphatic carbocycles. The smallest absolute Gasteiger partial charge is 0.269 e. The number of aromatic nitrogens is 2. The number of benzene rings is 1. The molecule has 2 rings (SSSR count). The van der Waals surface area contributed by atoms with Gasteiger partial charge < -0.3 is 5.32 Å². The molecule has 0 radical (unpaired) electrons. The Morgan fingerprint density at radius 1 is 1.53 bits per heavy atom. The summed E-state index contributed by atoms with van der Waals surface area (Å²) in [5, 5.41) is 9.65. The van der Waals surface area contributed by atoms with Crippen molar-refractivity contribution in [1.29, 1.82) is 0 Å². The number of halogens is 1. The summed E-state index contributed by atoms with van der Waals surface area (Å²) in [5.41, 5.74) is 0.502. The standard InChI is InChI=1S/C12H14FN3O/c1-7(2)6-14-12(17)11-8-4-3-5-9(13)10(8)15-16-11/h3-5,7H,6H2,1-2H3,(H,14,17)(H,15,16). The van der Waals surface area contributed by atoms with E-state index in [1.807, 2.05) is 13.8 Å². The zero-order valence-electron chi connectivity index (χ0n) is 9.75. The molecule has 1 aromatic heterocycles. The van der Waals surface area contributed by atoms with Crippen molar-refractivity contribution in [1.82, 2.24) is 15.5 Å². The van der Waals surface area contributed by atoms with Crippen LogP contribution in [0.25, 0.3) is 10.9 Å². The number of hydrogen-bond donors (Lipinski definition) is 2. The molecule has 90 valence electrons. The lowest BCUT2D eigenvalue weighted by molar-refractivity contribution is 0.0945. The van der Waals surface area contributed by atoms with E-state index in [1.54, 1.807) is 12.1 Å². The fourth-order valence-electron chi connectivity index (χ4n) is 1.56. The third-order valence-corrected chi connectivity index (χ3v) is 2.43. The molecule has 0 aliphatic rings.